The van der Waals surface area contributed by atoms with Crippen molar-refractivity contribution < 1.29 is 8.42 Å². The summed E-state index contributed by atoms with van der Waals surface area (Å²) < 4.78 is 28.5. The van der Waals surface area contributed by atoms with E-state index < -0.39 is 9.84 Å². The van der Waals surface area contributed by atoms with Gasteiger partial charge >= 0.3 is 0 Å². The van der Waals surface area contributed by atoms with E-state index >= 15 is 0 Å². The molecule has 26 heavy (non-hydrogen) atoms. The summed E-state index contributed by atoms with van der Waals surface area (Å²) in [5.74, 6) is 1.53. The van der Waals surface area contributed by atoms with Gasteiger partial charge in [0.2, 0.25) is 9.84 Å². The van der Waals surface area contributed by atoms with Crippen LogP contribution in [0.25, 0.3) is 11.2 Å². The smallest absolute Gasteiger partial charge is 0.212 e. The zero-order valence-corrected chi connectivity index (χ0v) is 15.1. The van der Waals surface area contributed by atoms with Gasteiger partial charge in [-0.05, 0) is 43.2 Å². The Balaban J connectivity index is 1.76. The van der Waals surface area contributed by atoms with Crippen molar-refractivity contribution >= 4 is 26.8 Å². The van der Waals surface area contributed by atoms with Crippen LogP contribution < -0.4 is 5.73 Å². The van der Waals surface area contributed by atoms with E-state index in [0.717, 1.165) is 6.42 Å². The first kappa shape index (κ1) is 15.8. The van der Waals surface area contributed by atoms with Crippen molar-refractivity contribution in [3.05, 3.63) is 42.7 Å². The fourth-order valence-electron chi connectivity index (χ4n) is 4.86. The third kappa shape index (κ3) is 2.13. The minimum absolute atomic E-state index is 0.0922. The molecule has 2 saturated carbocycles. The molecule has 3 atom stereocenters. The molecule has 3 aromatic rings. The molecule has 7 heteroatoms. The summed E-state index contributed by atoms with van der Waals surface area (Å²) >= 11 is 0. The minimum atomic E-state index is -3.77. The van der Waals surface area contributed by atoms with Gasteiger partial charge in [-0.1, -0.05) is 24.6 Å². The Kier molecular flexibility index (Phi) is 3.37. The summed E-state index contributed by atoms with van der Waals surface area (Å²) in [6.07, 6.45) is 7.81. The number of sulfone groups is 1. The molecule has 0 amide bonds. The van der Waals surface area contributed by atoms with Gasteiger partial charge < -0.3 is 10.3 Å². The second-order valence-electron chi connectivity index (χ2n) is 7.37. The van der Waals surface area contributed by atoms with Crippen LogP contribution in [-0.4, -0.2) is 23.0 Å². The van der Waals surface area contributed by atoms with Crippen LogP contribution in [0.1, 0.15) is 31.7 Å². The lowest BCUT2D eigenvalue weighted by molar-refractivity contribution is 0.338. The van der Waals surface area contributed by atoms with Gasteiger partial charge in [-0.3, -0.25) is 0 Å². The number of rotatable bonds is 3. The van der Waals surface area contributed by atoms with Crippen LogP contribution in [0.15, 0.2) is 52.5 Å². The van der Waals surface area contributed by atoms with Gasteiger partial charge in [0.15, 0.2) is 5.65 Å². The molecule has 0 spiro atoms. The van der Waals surface area contributed by atoms with E-state index in [2.05, 4.69) is 9.97 Å². The second kappa shape index (κ2) is 5.54. The number of nitrogen functional groups attached to an aromatic ring is 1. The maximum atomic E-state index is 13.3. The number of hydrogen-bond acceptors (Lipinski definition) is 5. The van der Waals surface area contributed by atoms with Crippen LogP contribution in [0, 0.1) is 11.8 Å². The Bertz CT molecular complexity index is 1090. The van der Waals surface area contributed by atoms with Crippen molar-refractivity contribution in [2.45, 2.75) is 41.5 Å². The quantitative estimate of drug-likeness (QED) is 0.766. The molecule has 0 radical (unpaired) electrons. The summed E-state index contributed by atoms with van der Waals surface area (Å²) in [6, 6.07) is 8.61. The Morgan fingerprint density at radius 3 is 2.50 bits per heavy atom. The Morgan fingerprint density at radius 1 is 1.04 bits per heavy atom. The number of hydrogen-bond donors (Lipinski definition) is 1. The SMILES string of the molecule is Nc1c(S(=O)(=O)c2ccccc2)c2nccnc2n1C1CC2CCC1C2. The molecule has 2 aromatic heterocycles. The largest absolute Gasteiger partial charge is 0.384 e. The average Bonchev–Trinajstić information content (AvgIpc) is 3.34. The first-order valence-electron chi connectivity index (χ1n) is 8.98. The average molecular weight is 368 g/mol. The van der Waals surface area contributed by atoms with Gasteiger partial charge in [-0.2, -0.15) is 0 Å². The van der Waals surface area contributed by atoms with Crippen molar-refractivity contribution in [3.8, 4) is 0 Å². The number of nitrogens with zero attached hydrogens (tertiary/aromatic N) is 3. The number of fused-ring (bicyclic) bond motifs is 3. The normalized spacial score (nSPS) is 25.2. The molecule has 2 bridgehead atoms. The van der Waals surface area contributed by atoms with Crippen LogP contribution in [0.2, 0.25) is 0 Å². The van der Waals surface area contributed by atoms with Crippen molar-refractivity contribution in [1.29, 1.82) is 0 Å². The predicted molar refractivity (Wildman–Crippen MR) is 98.3 cm³/mol. The predicted octanol–water partition coefficient (Wildman–Crippen LogP) is 3.21. The van der Waals surface area contributed by atoms with Gasteiger partial charge in [0.1, 0.15) is 16.2 Å². The lowest BCUT2D eigenvalue weighted by Crippen LogP contribution is -2.18. The molecule has 2 N–H and O–H groups in total. The molecule has 2 fully saturated rings. The molecule has 0 saturated heterocycles. The van der Waals surface area contributed by atoms with E-state index in [1.807, 2.05) is 4.57 Å². The lowest BCUT2D eigenvalue weighted by Gasteiger charge is -2.25. The first-order valence-corrected chi connectivity index (χ1v) is 10.5. The van der Waals surface area contributed by atoms with E-state index in [9.17, 15) is 8.42 Å². The van der Waals surface area contributed by atoms with E-state index in [1.165, 1.54) is 25.5 Å². The van der Waals surface area contributed by atoms with Crippen LogP contribution in [-0.2, 0) is 9.84 Å². The fraction of sp³-hybridized carbons (Fsp3) is 0.368. The van der Waals surface area contributed by atoms with E-state index in [1.54, 1.807) is 36.5 Å². The fourth-order valence-corrected chi connectivity index (χ4v) is 6.38. The molecule has 2 aliphatic carbocycles. The third-order valence-electron chi connectivity index (χ3n) is 5.97. The van der Waals surface area contributed by atoms with Crippen LogP contribution in [0.5, 0.6) is 0 Å². The zero-order chi connectivity index (χ0) is 17.9. The second-order valence-corrected chi connectivity index (χ2v) is 9.26. The molecular weight excluding hydrogens is 348 g/mol. The molecule has 134 valence electrons. The third-order valence-corrected chi connectivity index (χ3v) is 7.80. The zero-order valence-electron chi connectivity index (χ0n) is 14.2. The van der Waals surface area contributed by atoms with Crippen molar-refractivity contribution in [1.82, 2.24) is 14.5 Å². The van der Waals surface area contributed by atoms with E-state index in [-0.39, 0.29) is 21.7 Å². The summed E-state index contributed by atoms with van der Waals surface area (Å²) in [6.45, 7) is 0. The Labute approximate surface area is 152 Å². The standard InChI is InChI=1S/C19H20N4O2S/c20-18-17(26(24,25)14-4-2-1-3-5-14)16-19(22-9-8-21-16)23(18)15-11-12-6-7-13(15)10-12/h1-5,8-9,12-13,15H,6-7,10-11,20H2. The summed E-state index contributed by atoms with van der Waals surface area (Å²) in [4.78, 5) is 9.12. The summed E-state index contributed by atoms with van der Waals surface area (Å²) in [5.41, 5.74) is 7.41. The van der Waals surface area contributed by atoms with Crippen molar-refractivity contribution in [2.75, 3.05) is 5.73 Å². The molecule has 3 unspecified atom stereocenters. The molecular formula is C19H20N4O2S. The Morgan fingerprint density at radius 2 is 1.81 bits per heavy atom. The highest BCUT2D eigenvalue weighted by Gasteiger charge is 2.43. The van der Waals surface area contributed by atoms with Gasteiger partial charge in [0, 0.05) is 18.4 Å². The van der Waals surface area contributed by atoms with Crippen LogP contribution in [0.3, 0.4) is 0 Å². The molecule has 2 aliphatic rings. The Hall–Kier alpha value is -2.41. The van der Waals surface area contributed by atoms with E-state index in [0.29, 0.717) is 23.0 Å². The lowest BCUT2D eigenvalue weighted by atomic mass is 9.95. The molecule has 6 nitrogen and oxygen atoms in total. The molecule has 1 aromatic carbocycles. The maximum absolute atomic E-state index is 13.3. The van der Waals surface area contributed by atoms with Gasteiger partial charge in [0.25, 0.3) is 0 Å². The van der Waals surface area contributed by atoms with Gasteiger partial charge in [0.05, 0.1) is 4.90 Å². The summed E-state index contributed by atoms with van der Waals surface area (Å²) in [7, 11) is -3.77. The minimum Gasteiger partial charge on any atom is -0.384 e. The topological polar surface area (TPSA) is 90.9 Å². The number of benzene rings is 1. The highest BCUT2D eigenvalue weighted by Crippen LogP contribution is 2.53. The van der Waals surface area contributed by atoms with Crippen molar-refractivity contribution in [2.24, 2.45) is 11.8 Å². The summed E-state index contributed by atoms with van der Waals surface area (Å²) in [5, 5.41) is 0. The molecule has 0 aliphatic heterocycles. The van der Waals surface area contributed by atoms with Crippen LogP contribution in [0.4, 0.5) is 5.82 Å². The number of anilines is 1. The number of nitrogens with two attached hydrogens (primary N) is 1. The maximum Gasteiger partial charge on any atom is 0.212 e. The highest BCUT2D eigenvalue weighted by atomic mass is 32.2. The van der Waals surface area contributed by atoms with E-state index in [4.69, 9.17) is 5.73 Å². The molecule has 2 heterocycles. The highest BCUT2D eigenvalue weighted by molar-refractivity contribution is 7.92. The van der Waals surface area contributed by atoms with Crippen molar-refractivity contribution in [3.63, 3.8) is 0 Å². The molecule has 5 rings (SSSR count). The monoisotopic (exact) mass is 368 g/mol. The van der Waals surface area contributed by atoms with Gasteiger partial charge in [-0.25, -0.2) is 18.4 Å². The van der Waals surface area contributed by atoms with Gasteiger partial charge in [-0.15, -0.1) is 0 Å². The number of aromatic nitrogens is 3. The van der Waals surface area contributed by atoms with Crippen LogP contribution >= 0.6 is 0 Å². The first-order chi connectivity index (χ1) is 12.6.